The predicted molar refractivity (Wildman–Crippen MR) is 105 cm³/mol. The van der Waals surface area contributed by atoms with Gasteiger partial charge in [-0.25, -0.2) is 9.59 Å². The van der Waals surface area contributed by atoms with Crippen molar-refractivity contribution in [1.82, 2.24) is 5.32 Å². The molecule has 2 aromatic carbocycles. The lowest BCUT2D eigenvalue weighted by Gasteiger charge is -2.16. The molecule has 0 saturated heterocycles. The number of carbonyl (C=O) groups is 4. The van der Waals surface area contributed by atoms with Crippen molar-refractivity contribution in [3.8, 4) is 0 Å². The molecule has 0 radical (unpaired) electrons. The fraction of sp³-hybridized carbons (Fsp3) is 0.238. The highest BCUT2D eigenvalue weighted by molar-refractivity contribution is 5.93. The van der Waals surface area contributed by atoms with Crippen molar-refractivity contribution in [3.05, 3.63) is 65.7 Å². The summed E-state index contributed by atoms with van der Waals surface area (Å²) in [7, 11) is 1.23. The minimum atomic E-state index is -0.898. The second kappa shape index (κ2) is 10.6. The van der Waals surface area contributed by atoms with Gasteiger partial charge in [0, 0.05) is 19.0 Å². The van der Waals surface area contributed by atoms with Crippen LogP contribution in [0.1, 0.15) is 22.8 Å². The second-order valence-electron chi connectivity index (χ2n) is 6.17. The molecule has 0 unspecified atom stereocenters. The van der Waals surface area contributed by atoms with Gasteiger partial charge in [0.25, 0.3) is 5.91 Å². The number of ether oxygens (including phenoxy) is 2. The van der Waals surface area contributed by atoms with Gasteiger partial charge >= 0.3 is 11.9 Å². The van der Waals surface area contributed by atoms with Crippen LogP contribution in [0.3, 0.4) is 0 Å². The van der Waals surface area contributed by atoms with Crippen molar-refractivity contribution in [3.63, 3.8) is 0 Å². The number of carbonyl (C=O) groups excluding carboxylic acids is 4. The van der Waals surface area contributed by atoms with Crippen LogP contribution in [0.5, 0.6) is 0 Å². The number of rotatable bonds is 8. The topological polar surface area (TPSA) is 111 Å². The summed E-state index contributed by atoms with van der Waals surface area (Å²) in [6.07, 6.45) is 0.248. The zero-order valence-corrected chi connectivity index (χ0v) is 16.1. The predicted octanol–water partition coefficient (Wildman–Crippen LogP) is 1.70. The highest BCUT2D eigenvalue weighted by Gasteiger charge is 2.22. The minimum Gasteiger partial charge on any atom is -0.467 e. The third-order valence-corrected chi connectivity index (χ3v) is 3.88. The molecule has 8 nitrogen and oxygen atoms in total. The maximum absolute atomic E-state index is 12.1. The van der Waals surface area contributed by atoms with Crippen LogP contribution in [0.4, 0.5) is 5.69 Å². The third-order valence-electron chi connectivity index (χ3n) is 3.88. The standard InChI is InChI=1S/C21H22N2O6/c1-14(24)22-17-10-8-16(9-11-17)20(26)29-13-19(25)23-18(21(27)28-2)12-15-6-4-3-5-7-15/h3-11,18H,12-13H2,1-2H3,(H,22,24)(H,23,25)/t18-/m1/s1. The molecule has 2 rings (SSSR count). The quantitative estimate of drug-likeness (QED) is 0.655. The van der Waals surface area contributed by atoms with Crippen LogP contribution < -0.4 is 10.6 Å². The van der Waals surface area contributed by atoms with Gasteiger partial charge < -0.3 is 20.1 Å². The smallest absolute Gasteiger partial charge is 0.338 e. The average molecular weight is 398 g/mol. The monoisotopic (exact) mass is 398 g/mol. The molecular weight excluding hydrogens is 376 g/mol. The van der Waals surface area contributed by atoms with Crippen molar-refractivity contribution in [2.24, 2.45) is 0 Å². The average Bonchev–Trinajstić information content (AvgIpc) is 2.71. The first-order valence-electron chi connectivity index (χ1n) is 8.85. The Morgan fingerprint density at radius 1 is 0.966 bits per heavy atom. The van der Waals surface area contributed by atoms with E-state index in [4.69, 9.17) is 9.47 Å². The van der Waals surface area contributed by atoms with Crippen molar-refractivity contribution in [1.29, 1.82) is 0 Å². The van der Waals surface area contributed by atoms with Gasteiger partial charge in [0.05, 0.1) is 12.7 Å². The number of hydrogen-bond donors (Lipinski definition) is 2. The maximum Gasteiger partial charge on any atom is 0.338 e. The normalized spacial score (nSPS) is 11.1. The van der Waals surface area contributed by atoms with Crippen molar-refractivity contribution < 1.29 is 28.7 Å². The first-order valence-corrected chi connectivity index (χ1v) is 8.85. The molecule has 0 aliphatic carbocycles. The Morgan fingerprint density at radius 3 is 2.21 bits per heavy atom. The van der Waals surface area contributed by atoms with Crippen LogP contribution in [0.15, 0.2) is 54.6 Å². The van der Waals surface area contributed by atoms with Gasteiger partial charge in [-0.3, -0.25) is 9.59 Å². The molecule has 0 saturated carbocycles. The van der Waals surface area contributed by atoms with Gasteiger partial charge in [0.2, 0.25) is 5.91 Å². The molecule has 0 aliphatic rings. The summed E-state index contributed by atoms with van der Waals surface area (Å²) < 4.78 is 9.71. The lowest BCUT2D eigenvalue weighted by molar-refractivity contribution is -0.145. The summed E-state index contributed by atoms with van der Waals surface area (Å²) in [5, 5.41) is 5.10. The maximum atomic E-state index is 12.1. The first-order chi connectivity index (χ1) is 13.9. The Hall–Kier alpha value is -3.68. The number of esters is 2. The molecule has 2 N–H and O–H groups in total. The van der Waals surface area contributed by atoms with Gasteiger partial charge in [0.15, 0.2) is 6.61 Å². The summed E-state index contributed by atoms with van der Waals surface area (Å²) in [6.45, 7) is 0.828. The highest BCUT2D eigenvalue weighted by atomic mass is 16.5. The fourth-order valence-corrected chi connectivity index (χ4v) is 2.53. The molecule has 2 amide bonds. The number of benzene rings is 2. The SMILES string of the molecule is COC(=O)[C@@H](Cc1ccccc1)NC(=O)COC(=O)c1ccc(NC(C)=O)cc1. The van der Waals surface area contributed by atoms with Crippen LogP contribution in [0.25, 0.3) is 0 Å². The Balaban J connectivity index is 1.89. The largest absolute Gasteiger partial charge is 0.467 e. The van der Waals surface area contributed by atoms with Gasteiger partial charge in [-0.1, -0.05) is 30.3 Å². The number of nitrogens with one attached hydrogen (secondary N) is 2. The lowest BCUT2D eigenvalue weighted by Crippen LogP contribution is -2.44. The molecule has 0 spiro atoms. The van der Waals surface area contributed by atoms with Crippen LogP contribution in [-0.4, -0.2) is 43.5 Å². The van der Waals surface area contributed by atoms with Crippen molar-refractivity contribution in [2.75, 3.05) is 19.0 Å². The molecule has 29 heavy (non-hydrogen) atoms. The van der Waals surface area contributed by atoms with E-state index in [1.165, 1.54) is 26.2 Å². The van der Waals surface area contributed by atoms with Crippen LogP contribution in [0.2, 0.25) is 0 Å². The van der Waals surface area contributed by atoms with E-state index in [1.54, 1.807) is 12.1 Å². The van der Waals surface area contributed by atoms with E-state index in [-0.39, 0.29) is 17.9 Å². The van der Waals surface area contributed by atoms with Gasteiger partial charge in [-0.2, -0.15) is 0 Å². The molecular formula is C21H22N2O6. The second-order valence-corrected chi connectivity index (χ2v) is 6.17. The molecule has 0 fully saturated rings. The Bertz CT molecular complexity index is 864. The summed E-state index contributed by atoms with van der Waals surface area (Å²) in [4.78, 5) is 47.1. The number of methoxy groups -OCH3 is 1. The van der Waals surface area contributed by atoms with E-state index in [2.05, 4.69) is 10.6 Å². The summed E-state index contributed by atoms with van der Waals surface area (Å²) >= 11 is 0. The van der Waals surface area contributed by atoms with Crippen molar-refractivity contribution >= 4 is 29.4 Å². The third kappa shape index (κ3) is 7.10. The Morgan fingerprint density at radius 2 is 1.62 bits per heavy atom. The zero-order chi connectivity index (χ0) is 21.2. The van der Waals surface area contributed by atoms with Gasteiger partial charge in [-0.15, -0.1) is 0 Å². The molecule has 152 valence electrons. The fourth-order valence-electron chi connectivity index (χ4n) is 2.53. The summed E-state index contributed by atoms with van der Waals surface area (Å²) in [5.74, 6) is -2.15. The Kier molecular flexibility index (Phi) is 7.90. The number of hydrogen-bond acceptors (Lipinski definition) is 6. The Labute approximate surface area is 168 Å². The highest BCUT2D eigenvalue weighted by Crippen LogP contribution is 2.10. The molecule has 0 aromatic heterocycles. The van der Waals surface area contributed by atoms with E-state index in [0.29, 0.717) is 5.69 Å². The summed E-state index contributed by atoms with van der Waals surface area (Å²) in [5.41, 5.74) is 1.61. The molecule has 0 heterocycles. The van der Waals surface area contributed by atoms with E-state index < -0.39 is 30.5 Å². The van der Waals surface area contributed by atoms with Gasteiger partial charge in [0.1, 0.15) is 6.04 Å². The lowest BCUT2D eigenvalue weighted by atomic mass is 10.1. The van der Waals surface area contributed by atoms with Crippen LogP contribution >= 0.6 is 0 Å². The zero-order valence-electron chi connectivity index (χ0n) is 16.1. The van der Waals surface area contributed by atoms with E-state index in [9.17, 15) is 19.2 Å². The molecule has 1 atom stereocenters. The molecule has 0 bridgehead atoms. The first kappa shape index (κ1) is 21.6. The van der Waals surface area contributed by atoms with E-state index >= 15 is 0 Å². The number of amides is 2. The van der Waals surface area contributed by atoms with Crippen LogP contribution in [-0.2, 0) is 30.3 Å². The van der Waals surface area contributed by atoms with Gasteiger partial charge in [-0.05, 0) is 29.8 Å². The molecule has 8 heteroatoms. The molecule has 2 aromatic rings. The van der Waals surface area contributed by atoms with E-state index in [0.717, 1.165) is 5.56 Å². The van der Waals surface area contributed by atoms with Crippen LogP contribution in [0, 0.1) is 0 Å². The summed E-state index contributed by atoms with van der Waals surface area (Å²) in [6, 6.07) is 14.3. The molecule has 0 aliphatic heterocycles. The number of anilines is 1. The minimum absolute atomic E-state index is 0.223. The van der Waals surface area contributed by atoms with Crippen molar-refractivity contribution in [2.45, 2.75) is 19.4 Å². The van der Waals surface area contributed by atoms with E-state index in [1.807, 2.05) is 30.3 Å².